The van der Waals surface area contributed by atoms with Crippen molar-refractivity contribution in [2.45, 2.75) is 25.7 Å². The first kappa shape index (κ1) is 22.2. The average molecular weight is 398 g/mol. The summed E-state index contributed by atoms with van der Waals surface area (Å²) in [6, 6.07) is 12.4. The molecule has 0 saturated heterocycles. The van der Waals surface area contributed by atoms with Crippen molar-refractivity contribution in [1.82, 2.24) is 0 Å². The lowest BCUT2D eigenvalue weighted by molar-refractivity contribution is 0.0696. The standard InChI is InChI=1S/C23H26O6/c1-2-15-27-16-5-3-4-6-17-28-20-11-9-19(10-12-20)23(26)29-21-13-7-18(8-14-21)22(24)25/h2,7-14H,1,3-6,15-17H2,(H,24,25). The quantitative estimate of drug-likeness (QED) is 0.227. The number of carbonyl (C=O) groups is 2. The van der Waals surface area contributed by atoms with Gasteiger partial charge in [0.1, 0.15) is 11.5 Å². The molecular formula is C23H26O6. The lowest BCUT2D eigenvalue weighted by Crippen LogP contribution is -2.08. The lowest BCUT2D eigenvalue weighted by Gasteiger charge is -2.08. The number of ether oxygens (including phenoxy) is 3. The van der Waals surface area contributed by atoms with Crippen LogP contribution < -0.4 is 9.47 Å². The normalized spacial score (nSPS) is 10.3. The number of unbranched alkanes of at least 4 members (excludes halogenated alkanes) is 3. The largest absolute Gasteiger partial charge is 0.494 e. The molecule has 0 spiro atoms. The number of carbonyl (C=O) groups excluding carboxylic acids is 1. The number of esters is 1. The maximum atomic E-state index is 12.2. The summed E-state index contributed by atoms with van der Waals surface area (Å²) < 4.78 is 16.3. The van der Waals surface area contributed by atoms with Crippen molar-refractivity contribution < 1.29 is 28.9 Å². The molecule has 0 heterocycles. The molecule has 0 fully saturated rings. The molecule has 0 unspecified atom stereocenters. The number of hydrogen-bond donors (Lipinski definition) is 1. The second-order valence-electron chi connectivity index (χ2n) is 6.37. The lowest BCUT2D eigenvalue weighted by atomic mass is 10.2. The van der Waals surface area contributed by atoms with Crippen molar-refractivity contribution >= 4 is 11.9 Å². The predicted octanol–water partition coefficient (Wildman–Crippen LogP) is 4.75. The minimum atomic E-state index is -1.03. The molecule has 0 aliphatic carbocycles. The van der Waals surface area contributed by atoms with Crippen LogP contribution >= 0.6 is 0 Å². The van der Waals surface area contributed by atoms with Gasteiger partial charge in [0.05, 0.1) is 24.3 Å². The van der Waals surface area contributed by atoms with Crippen molar-refractivity contribution in [2.24, 2.45) is 0 Å². The fourth-order valence-electron chi connectivity index (χ4n) is 2.54. The fraction of sp³-hybridized carbons (Fsp3) is 0.304. The van der Waals surface area contributed by atoms with Gasteiger partial charge in [0.15, 0.2) is 0 Å². The molecule has 2 rings (SSSR count). The molecule has 154 valence electrons. The molecule has 0 amide bonds. The first-order valence-electron chi connectivity index (χ1n) is 9.57. The zero-order valence-corrected chi connectivity index (χ0v) is 16.3. The van der Waals surface area contributed by atoms with E-state index >= 15 is 0 Å². The molecule has 2 aromatic rings. The van der Waals surface area contributed by atoms with E-state index in [-0.39, 0.29) is 11.3 Å². The van der Waals surface area contributed by atoms with E-state index in [1.54, 1.807) is 30.3 Å². The van der Waals surface area contributed by atoms with Crippen molar-refractivity contribution in [1.29, 1.82) is 0 Å². The Morgan fingerprint density at radius 2 is 1.41 bits per heavy atom. The molecule has 2 aromatic carbocycles. The van der Waals surface area contributed by atoms with Gasteiger partial charge in [0, 0.05) is 6.61 Å². The fourth-order valence-corrected chi connectivity index (χ4v) is 2.54. The van der Waals surface area contributed by atoms with Gasteiger partial charge < -0.3 is 19.3 Å². The number of rotatable bonds is 13. The van der Waals surface area contributed by atoms with Gasteiger partial charge in [-0.15, -0.1) is 6.58 Å². The highest BCUT2D eigenvalue weighted by molar-refractivity contribution is 5.91. The van der Waals surface area contributed by atoms with Gasteiger partial charge in [-0.25, -0.2) is 9.59 Å². The van der Waals surface area contributed by atoms with Gasteiger partial charge in [-0.05, 0) is 67.8 Å². The summed E-state index contributed by atoms with van der Waals surface area (Å²) in [4.78, 5) is 23.0. The number of carboxylic acid groups (broad SMARTS) is 1. The maximum Gasteiger partial charge on any atom is 0.343 e. The monoisotopic (exact) mass is 398 g/mol. The zero-order chi connectivity index (χ0) is 20.9. The third-order valence-corrected chi connectivity index (χ3v) is 4.09. The smallest absolute Gasteiger partial charge is 0.343 e. The highest BCUT2D eigenvalue weighted by atomic mass is 16.5. The van der Waals surface area contributed by atoms with Gasteiger partial charge in [0.25, 0.3) is 0 Å². The zero-order valence-electron chi connectivity index (χ0n) is 16.3. The van der Waals surface area contributed by atoms with Crippen LogP contribution in [0.1, 0.15) is 46.4 Å². The first-order chi connectivity index (χ1) is 14.1. The Morgan fingerprint density at radius 1 is 0.828 bits per heavy atom. The Hall–Kier alpha value is -3.12. The van der Waals surface area contributed by atoms with Crippen LogP contribution in [0.15, 0.2) is 61.2 Å². The highest BCUT2D eigenvalue weighted by Gasteiger charge is 2.10. The molecule has 0 aromatic heterocycles. The molecule has 6 heteroatoms. The van der Waals surface area contributed by atoms with E-state index in [2.05, 4.69) is 6.58 Å². The summed E-state index contributed by atoms with van der Waals surface area (Å²) in [7, 11) is 0. The molecule has 6 nitrogen and oxygen atoms in total. The number of benzene rings is 2. The summed E-state index contributed by atoms with van der Waals surface area (Å²) in [5.41, 5.74) is 0.520. The Labute approximate surface area is 170 Å². The van der Waals surface area contributed by atoms with E-state index in [9.17, 15) is 9.59 Å². The van der Waals surface area contributed by atoms with Gasteiger partial charge in [-0.1, -0.05) is 12.5 Å². The minimum Gasteiger partial charge on any atom is -0.494 e. The van der Waals surface area contributed by atoms with Crippen LogP contribution in [-0.4, -0.2) is 36.9 Å². The predicted molar refractivity (Wildman–Crippen MR) is 110 cm³/mol. The van der Waals surface area contributed by atoms with E-state index in [1.807, 2.05) is 0 Å². The average Bonchev–Trinajstić information content (AvgIpc) is 2.73. The summed E-state index contributed by atoms with van der Waals surface area (Å²) in [6.45, 7) is 5.58. The molecule has 0 atom stereocenters. The van der Waals surface area contributed by atoms with Crippen LogP contribution in [0, 0.1) is 0 Å². The van der Waals surface area contributed by atoms with E-state index in [0.29, 0.717) is 24.5 Å². The molecule has 0 aliphatic rings. The number of aromatic carboxylic acids is 1. The molecule has 0 aliphatic heterocycles. The van der Waals surface area contributed by atoms with Crippen LogP contribution in [0.3, 0.4) is 0 Å². The highest BCUT2D eigenvalue weighted by Crippen LogP contribution is 2.17. The third-order valence-electron chi connectivity index (χ3n) is 4.09. The summed E-state index contributed by atoms with van der Waals surface area (Å²) in [6.07, 6.45) is 5.90. The molecule has 0 saturated carbocycles. The van der Waals surface area contributed by atoms with Gasteiger partial charge in [-0.2, -0.15) is 0 Å². The Morgan fingerprint density at radius 3 is 2.03 bits per heavy atom. The molecule has 1 N–H and O–H groups in total. The van der Waals surface area contributed by atoms with Crippen LogP contribution in [-0.2, 0) is 4.74 Å². The SMILES string of the molecule is C=CCOCCCCCCOc1ccc(C(=O)Oc2ccc(C(=O)O)cc2)cc1. The maximum absolute atomic E-state index is 12.2. The Kier molecular flexibility index (Phi) is 9.45. The van der Waals surface area contributed by atoms with Crippen molar-refractivity contribution in [3.63, 3.8) is 0 Å². The van der Waals surface area contributed by atoms with Gasteiger partial charge >= 0.3 is 11.9 Å². The van der Waals surface area contributed by atoms with Crippen LogP contribution in [0.4, 0.5) is 0 Å². The minimum absolute atomic E-state index is 0.132. The van der Waals surface area contributed by atoms with Crippen LogP contribution in [0.5, 0.6) is 11.5 Å². The molecule has 29 heavy (non-hydrogen) atoms. The van der Waals surface area contributed by atoms with Gasteiger partial charge in [0.2, 0.25) is 0 Å². The topological polar surface area (TPSA) is 82.1 Å². The Bertz CT molecular complexity index is 780. The van der Waals surface area contributed by atoms with Crippen molar-refractivity contribution in [3.8, 4) is 11.5 Å². The Balaban J connectivity index is 1.69. The van der Waals surface area contributed by atoms with Crippen LogP contribution in [0.25, 0.3) is 0 Å². The van der Waals surface area contributed by atoms with E-state index in [4.69, 9.17) is 19.3 Å². The van der Waals surface area contributed by atoms with Crippen molar-refractivity contribution in [3.05, 3.63) is 72.3 Å². The van der Waals surface area contributed by atoms with E-state index < -0.39 is 11.9 Å². The second-order valence-corrected chi connectivity index (χ2v) is 6.37. The van der Waals surface area contributed by atoms with E-state index in [0.717, 1.165) is 32.3 Å². The first-order valence-corrected chi connectivity index (χ1v) is 9.57. The van der Waals surface area contributed by atoms with E-state index in [1.165, 1.54) is 24.3 Å². The summed E-state index contributed by atoms with van der Waals surface area (Å²) in [5.74, 6) is -0.564. The van der Waals surface area contributed by atoms with Gasteiger partial charge in [-0.3, -0.25) is 0 Å². The molecular weight excluding hydrogens is 372 g/mol. The number of carboxylic acids is 1. The van der Waals surface area contributed by atoms with Crippen LogP contribution in [0.2, 0.25) is 0 Å². The summed E-state index contributed by atoms with van der Waals surface area (Å²) in [5, 5.41) is 8.88. The second kappa shape index (κ2) is 12.4. The van der Waals surface area contributed by atoms with Crippen molar-refractivity contribution in [2.75, 3.05) is 19.8 Å². The summed E-state index contributed by atoms with van der Waals surface area (Å²) >= 11 is 0. The molecule has 0 bridgehead atoms. The number of hydrogen-bond acceptors (Lipinski definition) is 5. The molecule has 0 radical (unpaired) electrons. The third kappa shape index (κ3) is 8.19.